The van der Waals surface area contributed by atoms with Crippen LogP contribution in [0.2, 0.25) is 0 Å². The molecule has 0 amide bonds. The van der Waals surface area contributed by atoms with Crippen LogP contribution in [0.5, 0.6) is 17.2 Å². The van der Waals surface area contributed by atoms with Gasteiger partial charge >= 0.3 is 6.18 Å². The number of allylic oxidation sites excluding steroid dienone is 2. The number of rotatable bonds is 9. The second-order valence-electron chi connectivity index (χ2n) is 8.05. The number of ether oxygens (including phenoxy) is 1. The van der Waals surface area contributed by atoms with E-state index in [0.717, 1.165) is 18.3 Å². The Morgan fingerprint density at radius 2 is 1.89 bits per heavy atom. The van der Waals surface area contributed by atoms with E-state index < -0.39 is 11.7 Å². The third-order valence-corrected chi connectivity index (χ3v) is 6.36. The Labute approximate surface area is 220 Å². The van der Waals surface area contributed by atoms with Crippen LogP contribution < -0.4 is 14.2 Å². The van der Waals surface area contributed by atoms with Gasteiger partial charge in [-0.05, 0) is 68.4 Å². The van der Waals surface area contributed by atoms with Crippen molar-refractivity contribution in [3.8, 4) is 23.3 Å². The molecule has 2 aromatic carbocycles. The lowest BCUT2D eigenvalue weighted by molar-refractivity contribution is -0.139. The van der Waals surface area contributed by atoms with Gasteiger partial charge in [0.25, 0.3) is 0 Å². The summed E-state index contributed by atoms with van der Waals surface area (Å²) < 4.78 is 54.3. The van der Waals surface area contributed by atoms with Gasteiger partial charge in [-0.15, -0.1) is 0 Å². The van der Waals surface area contributed by atoms with Crippen LogP contribution in [0, 0.1) is 18.3 Å². The van der Waals surface area contributed by atoms with Crippen molar-refractivity contribution in [1.82, 2.24) is 9.62 Å². The third-order valence-electron chi connectivity index (χ3n) is 5.31. The average Bonchev–Trinajstić information content (AvgIpc) is 2.89. The summed E-state index contributed by atoms with van der Waals surface area (Å²) in [7, 11) is 0. The van der Waals surface area contributed by atoms with E-state index in [1.807, 2.05) is 39.8 Å². The monoisotopic (exact) mass is 535 g/mol. The molecular formula is C27H32F3N3O3S. The highest BCUT2D eigenvalue weighted by Crippen LogP contribution is 2.38. The predicted octanol–water partition coefficient (Wildman–Crippen LogP) is 6.85. The number of nitrogens with zero attached hydrogens (tertiary/aromatic N) is 2. The van der Waals surface area contributed by atoms with Gasteiger partial charge in [-0.2, -0.15) is 18.4 Å². The van der Waals surface area contributed by atoms with E-state index in [1.54, 1.807) is 35.6 Å². The number of alkyl halides is 3. The largest absolute Gasteiger partial charge is 0.506 e. The quantitative estimate of drug-likeness (QED) is 0.269. The van der Waals surface area contributed by atoms with Crippen LogP contribution in [0.3, 0.4) is 0 Å². The lowest BCUT2D eigenvalue weighted by Crippen LogP contribution is -2.29. The van der Waals surface area contributed by atoms with Gasteiger partial charge in [0.15, 0.2) is 0 Å². The number of phenols is 1. The Bertz CT molecular complexity index is 1160. The summed E-state index contributed by atoms with van der Waals surface area (Å²) in [5.41, 5.74) is 0.922. The zero-order valence-electron chi connectivity index (χ0n) is 21.5. The number of dihydropyridines is 1. The zero-order valence-corrected chi connectivity index (χ0v) is 22.3. The molecule has 1 aliphatic heterocycles. The first-order valence-corrected chi connectivity index (χ1v) is 12.6. The summed E-state index contributed by atoms with van der Waals surface area (Å²) in [6.45, 7) is 10.3. The molecule has 200 valence electrons. The Balaban J connectivity index is 0.00000235. The molecule has 1 heterocycles. The topological polar surface area (TPSA) is 77.8 Å². The van der Waals surface area contributed by atoms with E-state index in [1.165, 1.54) is 12.1 Å². The summed E-state index contributed by atoms with van der Waals surface area (Å²) in [4.78, 5) is 0. The van der Waals surface area contributed by atoms with E-state index in [2.05, 4.69) is 5.32 Å². The van der Waals surface area contributed by atoms with Crippen molar-refractivity contribution >= 4 is 17.8 Å². The molecule has 1 aliphatic rings. The number of hydrogen-bond donors (Lipinski definition) is 2. The number of phenolic OH excluding ortho intramolecular Hbond substituents is 1. The second kappa shape index (κ2) is 13.9. The molecule has 0 aromatic heterocycles. The number of nitriles is 1. The Morgan fingerprint density at radius 1 is 1.19 bits per heavy atom. The van der Waals surface area contributed by atoms with Gasteiger partial charge in [-0.25, -0.2) is 4.31 Å². The maximum absolute atomic E-state index is 13.7. The van der Waals surface area contributed by atoms with Crippen molar-refractivity contribution in [3.63, 3.8) is 0 Å². The minimum absolute atomic E-state index is 0.00108. The molecule has 37 heavy (non-hydrogen) atoms. The molecule has 6 nitrogen and oxygen atoms in total. The van der Waals surface area contributed by atoms with Crippen LogP contribution in [-0.2, 0) is 6.18 Å². The van der Waals surface area contributed by atoms with Crippen molar-refractivity contribution in [1.29, 1.82) is 5.26 Å². The van der Waals surface area contributed by atoms with E-state index in [-0.39, 0.29) is 36.3 Å². The van der Waals surface area contributed by atoms with Gasteiger partial charge in [0.2, 0.25) is 0 Å². The van der Waals surface area contributed by atoms with Gasteiger partial charge in [0, 0.05) is 24.7 Å². The molecule has 0 saturated carbocycles. The Hall–Kier alpha value is -3.29. The Morgan fingerprint density at radius 3 is 2.49 bits per heavy atom. The molecule has 2 N–H and O–H groups in total. The van der Waals surface area contributed by atoms with E-state index in [4.69, 9.17) is 14.2 Å². The fourth-order valence-electron chi connectivity index (χ4n) is 3.30. The van der Waals surface area contributed by atoms with Crippen molar-refractivity contribution in [2.24, 2.45) is 0 Å². The Kier molecular flexibility index (Phi) is 11.2. The van der Waals surface area contributed by atoms with E-state index in [9.17, 15) is 18.3 Å². The van der Waals surface area contributed by atoms with Crippen LogP contribution in [-0.4, -0.2) is 35.1 Å². The molecule has 0 saturated heterocycles. The number of aromatic hydroxyl groups is 1. The fraction of sp³-hybridized carbons (Fsp3) is 0.370. The smallest absolute Gasteiger partial charge is 0.419 e. The van der Waals surface area contributed by atoms with Gasteiger partial charge in [-0.3, -0.25) is 0 Å². The second-order valence-corrected chi connectivity index (χ2v) is 8.83. The fourth-order valence-corrected chi connectivity index (χ4v) is 3.98. The van der Waals surface area contributed by atoms with Gasteiger partial charge in [-0.1, -0.05) is 26.0 Å². The molecule has 0 bridgehead atoms. The van der Waals surface area contributed by atoms with Crippen molar-refractivity contribution in [3.05, 3.63) is 70.9 Å². The van der Waals surface area contributed by atoms with E-state index in [0.29, 0.717) is 29.0 Å². The first-order valence-electron chi connectivity index (χ1n) is 11.9. The zero-order chi connectivity index (χ0) is 27.6. The number of hydrogen-bond acceptors (Lipinski definition) is 7. The van der Waals surface area contributed by atoms with Gasteiger partial charge in [0.1, 0.15) is 42.2 Å². The first kappa shape index (κ1) is 29.9. The lowest BCUT2D eigenvalue weighted by atomic mass is 10.0. The maximum Gasteiger partial charge on any atom is 0.419 e. The van der Waals surface area contributed by atoms with E-state index >= 15 is 0 Å². The standard InChI is InChI=1S/C25H26F3N3O3S.C2H6/c1-16(2)31(35-34-22-6-5-20(15-29)24(32)17(22)3)12-13-33-23-7-4-19(14-21(23)25(26,27)28)18-8-10-30-11-9-18;1-2/h4-10,14,16,30,32H,11-13H2,1-3H3;1-2H3. The number of benzene rings is 2. The minimum atomic E-state index is -4.56. The summed E-state index contributed by atoms with van der Waals surface area (Å²) in [6.07, 6.45) is 0.691. The van der Waals surface area contributed by atoms with Gasteiger partial charge in [0.05, 0.1) is 11.1 Å². The lowest BCUT2D eigenvalue weighted by Gasteiger charge is -2.24. The molecular weight excluding hydrogens is 503 g/mol. The summed E-state index contributed by atoms with van der Waals surface area (Å²) in [5, 5.41) is 22.1. The third kappa shape index (κ3) is 8.10. The molecule has 0 radical (unpaired) electrons. The number of halogens is 3. The van der Waals surface area contributed by atoms with Crippen LogP contribution in [0.15, 0.2) is 48.7 Å². The number of nitrogens with one attached hydrogen (secondary N) is 1. The molecule has 0 aliphatic carbocycles. The highest BCUT2D eigenvalue weighted by molar-refractivity contribution is 7.92. The average molecular weight is 536 g/mol. The summed E-state index contributed by atoms with van der Waals surface area (Å²) in [6, 6.07) is 8.99. The first-order chi connectivity index (χ1) is 17.6. The maximum atomic E-state index is 13.7. The van der Waals surface area contributed by atoms with Crippen LogP contribution in [0.1, 0.15) is 49.9 Å². The normalized spacial score (nSPS) is 12.8. The summed E-state index contributed by atoms with van der Waals surface area (Å²) in [5.74, 6) is 0.000398. The van der Waals surface area contributed by atoms with Crippen LogP contribution in [0.4, 0.5) is 13.2 Å². The molecule has 10 heteroatoms. The molecule has 2 aromatic rings. The predicted molar refractivity (Wildman–Crippen MR) is 141 cm³/mol. The molecule has 0 fully saturated rings. The molecule has 3 rings (SSSR count). The highest BCUT2D eigenvalue weighted by atomic mass is 32.2. The van der Waals surface area contributed by atoms with Crippen LogP contribution >= 0.6 is 12.2 Å². The molecule has 0 unspecified atom stereocenters. The van der Waals surface area contributed by atoms with Gasteiger partial charge < -0.3 is 19.3 Å². The summed E-state index contributed by atoms with van der Waals surface area (Å²) >= 11 is 1.00. The van der Waals surface area contributed by atoms with Crippen molar-refractivity contribution in [2.45, 2.75) is 46.8 Å². The highest BCUT2D eigenvalue weighted by Gasteiger charge is 2.35. The molecule has 0 spiro atoms. The van der Waals surface area contributed by atoms with Crippen LogP contribution in [0.25, 0.3) is 5.57 Å². The molecule has 0 atom stereocenters. The minimum Gasteiger partial charge on any atom is -0.506 e. The van der Waals surface area contributed by atoms with Crippen molar-refractivity contribution < 1.29 is 27.2 Å². The van der Waals surface area contributed by atoms with Crippen molar-refractivity contribution in [2.75, 3.05) is 19.7 Å². The SMILES string of the molecule is CC.Cc1c(OSN(CCOc2ccc(C3=CCNC=C3)cc2C(F)(F)F)C(C)C)ccc(C#N)c1O.